The Morgan fingerprint density at radius 1 is 1.03 bits per heavy atom. The van der Waals surface area contributed by atoms with E-state index in [2.05, 4.69) is 15.6 Å². The van der Waals surface area contributed by atoms with E-state index in [4.69, 9.17) is 27.9 Å². The normalized spacial score (nSPS) is 12.3. The van der Waals surface area contributed by atoms with Gasteiger partial charge >= 0.3 is 6.09 Å². The molecule has 0 aliphatic heterocycles. The number of nitrogens with zero attached hydrogens (tertiary/aromatic N) is 1. The largest absolute Gasteiger partial charge is 0.444 e. The zero-order valence-corrected chi connectivity index (χ0v) is 19.6. The van der Waals surface area contributed by atoms with Crippen molar-refractivity contribution in [1.82, 2.24) is 15.6 Å². The smallest absolute Gasteiger partial charge is 0.408 e. The Kier molecular flexibility index (Phi) is 7.59. The minimum absolute atomic E-state index is 0.220. The minimum Gasteiger partial charge on any atom is -0.444 e. The molecule has 2 N–H and O–H groups in total. The van der Waals surface area contributed by atoms with E-state index in [0.717, 1.165) is 22.0 Å². The molecule has 168 valence electrons. The van der Waals surface area contributed by atoms with E-state index in [9.17, 15) is 9.59 Å². The second-order valence-electron chi connectivity index (χ2n) is 8.41. The Balaban J connectivity index is 1.73. The summed E-state index contributed by atoms with van der Waals surface area (Å²) in [5.74, 6) is -0.352. The Morgan fingerprint density at radius 2 is 1.78 bits per heavy atom. The minimum atomic E-state index is -0.865. The van der Waals surface area contributed by atoms with Crippen molar-refractivity contribution in [3.63, 3.8) is 0 Å². The van der Waals surface area contributed by atoms with Crippen molar-refractivity contribution in [3.05, 3.63) is 75.9 Å². The zero-order valence-electron chi connectivity index (χ0n) is 18.1. The van der Waals surface area contributed by atoms with Gasteiger partial charge in [-0.05, 0) is 56.2 Å². The van der Waals surface area contributed by atoms with Crippen molar-refractivity contribution in [2.24, 2.45) is 0 Å². The van der Waals surface area contributed by atoms with Crippen LogP contribution in [0.3, 0.4) is 0 Å². The van der Waals surface area contributed by atoms with Crippen LogP contribution in [0.25, 0.3) is 10.9 Å². The average Bonchev–Trinajstić information content (AvgIpc) is 2.72. The van der Waals surface area contributed by atoms with Gasteiger partial charge in [0, 0.05) is 24.5 Å². The Hall–Kier alpha value is -2.83. The quantitative estimate of drug-likeness (QED) is 0.509. The first kappa shape index (κ1) is 23.8. The van der Waals surface area contributed by atoms with Gasteiger partial charge in [0.05, 0.1) is 15.6 Å². The summed E-state index contributed by atoms with van der Waals surface area (Å²) in [7, 11) is 0. The fraction of sp³-hybridized carbons (Fsp3) is 0.292. The number of fused-ring (bicyclic) bond motifs is 1. The summed E-state index contributed by atoms with van der Waals surface area (Å²) in [6.07, 6.45) is 1.26. The molecule has 8 heteroatoms. The van der Waals surface area contributed by atoms with Gasteiger partial charge in [-0.2, -0.15) is 0 Å². The fourth-order valence-electron chi connectivity index (χ4n) is 3.09. The molecular formula is C24H25Cl2N3O3. The van der Waals surface area contributed by atoms with Crippen LogP contribution in [0.15, 0.2) is 54.7 Å². The highest BCUT2D eigenvalue weighted by atomic mass is 35.5. The summed E-state index contributed by atoms with van der Waals surface area (Å²) < 4.78 is 5.32. The van der Waals surface area contributed by atoms with Crippen molar-refractivity contribution in [3.8, 4) is 0 Å². The highest BCUT2D eigenvalue weighted by molar-refractivity contribution is 6.42. The number of amides is 2. The maximum Gasteiger partial charge on any atom is 0.408 e. The molecule has 2 aromatic carbocycles. The molecule has 0 radical (unpaired) electrons. The number of carbonyl (C=O) groups excluding carboxylic acids is 2. The number of pyridine rings is 1. The van der Waals surface area contributed by atoms with Crippen LogP contribution in [0.4, 0.5) is 4.79 Å². The molecule has 1 atom stereocenters. The van der Waals surface area contributed by atoms with Crippen LogP contribution in [-0.4, -0.2) is 28.6 Å². The molecule has 0 bridgehead atoms. The van der Waals surface area contributed by atoms with E-state index in [1.165, 1.54) is 0 Å². The van der Waals surface area contributed by atoms with Gasteiger partial charge in [-0.25, -0.2) is 4.79 Å². The summed E-state index contributed by atoms with van der Waals surface area (Å²) in [6.45, 7) is 5.54. The van der Waals surface area contributed by atoms with Crippen molar-refractivity contribution in [2.75, 3.05) is 0 Å². The van der Waals surface area contributed by atoms with Crippen LogP contribution < -0.4 is 10.6 Å². The maximum absolute atomic E-state index is 13.0. The molecule has 6 nitrogen and oxygen atoms in total. The molecule has 3 rings (SSSR count). The van der Waals surface area contributed by atoms with Gasteiger partial charge < -0.3 is 15.4 Å². The first-order valence-corrected chi connectivity index (χ1v) is 10.9. The van der Waals surface area contributed by atoms with Crippen molar-refractivity contribution in [1.29, 1.82) is 0 Å². The number of nitrogens with one attached hydrogen (secondary N) is 2. The molecule has 0 saturated heterocycles. The van der Waals surface area contributed by atoms with Crippen LogP contribution >= 0.6 is 23.2 Å². The van der Waals surface area contributed by atoms with Crippen LogP contribution in [-0.2, 0) is 22.5 Å². The van der Waals surface area contributed by atoms with Gasteiger partial charge in [-0.3, -0.25) is 9.78 Å². The number of hydrogen-bond donors (Lipinski definition) is 2. The predicted molar refractivity (Wildman–Crippen MR) is 127 cm³/mol. The Bertz CT molecular complexity index is 1130. The van der Waals surface area contributed by atoms with Gasteiger partial charge in [-0.15, -0.1) is 0 Å². The number of aromatic nitrogens is 1. The van der Waals surface area contributed by atoms with Gasteiger partial charge in [-0.1, -0.05) is 47.5 Å². The number of benzene rings is 2. The van der Waals surface area contributed by atoms with Gasteiger partial charge in [0.25, 0.3) is 0 Å². The molecule has 0 unspecified atom stereocenters. The molecule has 0 fully saturated rings. The number of halogens is 2. The second-order valence-corrected chi connectivity index (χ2v) is 9.22. The molecule has 32 heavy (non-hydrogen) atoms. The lowest BCUT2D eigenvalue weighted by molar-refractivity contribution is -0.123. The molecule has 0 saturated carbocycles. The summed E-state index contributed by atoms with van der Waals surface area (Å²) >= 11 is 12.1. The summed E-state index contributed by atoms with van der Waals surface area (Å²) in [6, 6.07) is 13.9. The molecule has 0 aliphatic carbocycles. The highest BCUT2D eigenvalue weighted by Gasteiger charge is 2.25. The summed E-state index contributed by atoms with van der Waals surface area (Å²) in [5, 5.41) is 7.31. The number of ether oxygens (including phenoxy) is 1. The molecule has 2 amide bonds. The van der Waals surface area contributed by atoms with Crippen molar-refractivity contribution < 1.29 is 14.3 Å². The fourth-order valence-corrected chi connectivity index (χ4v) is 3.41. The summed E-state index contributed by atoms with van der Waals surface area (Å²) in [5.41, 5.74) is 1.79. The predicted octanol–water partition coefficient (Wildman–Crippen LogP) is 5.29. The van der Waals surface area contributed by atoms with Gasteiger partial charge in [0.2, 0.25) is 5.91 Å². The third-order valence-electron chi connectivity index (χ3n) is 4.55. The van der Waals surface area contributed by atoms with E-state index < -0.39 is 17.7 Å². The monoisotopic (exact) mass is 473 g/mol. The number of rotatable bonds is 6. The van der Waals surface area contributed by atoms with Gasteiger partial charge in [0.15, 0.2) is 0 Å². The zero-order chi connectivity index (χ0) is 23.3. The second kappa shape index (κ2) is 10.2. The topological polar surface area (TPSA) is 80.3 Å². The van der Waals surface area contributed by atoms with Gasteiger partial charge in [0.1, 0.15) is 11.6 Å². The van der Waals surface area contributed by atoms with Crippen LogP contribution in [0.5, 0.6) is 0 Å². The molecule has 3 aromatic rings. The van der Waals surface area contributed by atoms with Crippen LogP contribution in [0, 0.1) is 0 Å². The number of carbonyl (C=O) groups is 2. The molecule has 1 aromatic heterocycles. The first-order valence-electron chi connectivity index (χ1n) is 10.2. The number of hydrogen-bond acceptors (Lipinski definition) is 4. The average molecular weight is 474 g/mol. The Labute approximate surface area is 197 Å². The molecule has 0 spiro atoms. The van der Waals surface area contributed by atoms with E-state index >= 15 is 0 Å². The maximum atomic E-state index is 13.0. The Morgan fingerprint density at radius 3 is 2.50 bits per heavy atom. The number of para-hydroxylation sites is 1. The SMILES string of the molecule is CC(C)(C)OC(=O)N[C@@H](Cc1ccc(Cl)c(Cl)c1)C(=O)NCc1cnc2ccccc2c1. The van der Waals surface area contributed by atoms with Crippen molar-refractivity contribution in [2.45, 2.75) is 45.4 Å². The van der Waals surface area contributed by atoms with E-state index in [-0.39, 0.29) is 18.9 Å². The van der Waals surface area contributed by atoms with Crippen molar-refractivity contribution >= 4 is 46.1 Å². The molecular weight excluding hydrogens is 449 g/mol. The lowest BCUT2D eigenvalue weighted by atomic mass is 10.1. The number of alkyl carbamates (subject to hydrolysis) is 1. The van der Waals surface area contributed by atoms with E-state index in [0.29, 0.717) is 10.0 Å². The molecule has 1 heterocycles. The third-order valence-corrected chi connectivity index (χ3v) is 5.28. The van der Waals surface area contributed by atoms with E-state index in [1.54, 1.807) is 45.2 Å². The lowest BCUT2D eigenvalue weighted by Gasteiger charge is -2.23. The third kappa shape index (κ3) is 6.84. The standard InChI is InChI=1S/C24H25Cl2N3O3/c1-24(2,3)32-23(31)29-21(12-15-8-9-18(25)19(26)11-15)22(30)28-14-16-10-17-6-4-5-7-20(17)27-13-16/h4-11,13,21H,12,14H2,1-3H3,(H,28,30)(H,29,31)/t21-/m0/s1. The highest BCUT2D eigenvalue weighted by Crippen LogP contribution is 2.23. The first-order chi connectivity index (χ1) is 15.1. The lowest BCUT2D eigenvalue weighted by Crippen LogP contribution is -2.49. The van der Waals surface area contributed by atoms with Crippen LogP contribution in [0.2, 0.25) is 10.0 Å². The molecule has 0 aliphatic rings. The summed E-state index contributed by atoms with van der Waals surface area (Å²) in [4.78, 5) is 29.7. The van der Waals surface area contributed by atoms with E-state index in [1.807, 2.05) is 30.3 Å². The van der Waals surface area contributed by atoms with Crippen LogP contribution in [0.1, 0.15) is 31.9 Å².